The summed E-state index contributed by atoms with van der Waals surface area (Å²) in [6, 6.07) is 0.969. The molecule has 3 nitrogen and oxygen atoms in total. The minimum atomic E-state index is 0.910. The predicted octanol–water partition coefficient (Wildman–Crippen LogP) is 0.622. The van der Waals surface area contributed by atoms with Crippen molar-refractivity contribution in [3.63, 3.8) is 0 Å². The molecule has 1 N–H and O–H groups in total. The van der Waals surface area contributed by atoms with Crippen molar-refractivity contribution in [1.82, 2.24) is 15.1 Å². The molecule has 15 heavy (non-hydrogen) atoms. The largest absolute Gasteiger partial charge is 0.315 e. The molecule has 3 heteroatoms. The highest BCUT2D eigenvalue weighted by molar-refractivity contribution is 4.89. The maximum Gasteiger partial charge on any atom is 0.0101 e. The fourth-order valence-electron chi connectivity index (χ4n) is 2.41. The highest BCUT2D eigenvalue weighted by Crippen LogP contribution is 2.31. The Bertz CT molecular complexity index is 189. The lowest BCUT2D eigenvalue weighted by atomic mass is 10.1. The van der Waals surface area contributed by atoms with Crippen LogP contribution in [-0.2, 0) is 0 Å². The van der Waals surface area contributed by atoms with E-state index in [0.717, 1.165) is 25.0 Å². The van der Waals surface area contributed by atoms with Crippen molar-refractivity contribution < 1.29 is 0 Å². The van der Waals surface area contributed by atoms with Crippen LogP contribution in [0.25, 0.3) is 0 Å². The molecule has 0 bridgehead atoms. The lowest BCUT2D eigenvalue weighted by molar-refractivity contribution is 0.310. The van der Waals surface area contributed by atoms with E-state index in [1.807, 2.05) is 0 Å². The SMILES string of the molecule is CN(C)CCNCC1CCN(C2CC2)C1. The van der Waals surface area contributed by atoms with E-state index in [2.05, 4.69) is 29.2 Å². The second-order valence-electron chi connectivity index (χ2n) is 5.39. The number of likely N-dealkylation sites (tertiary alicyclic amines) is 1. The first-order valence-electron chi connectivity index (χ1n) is 6.35. The van der Waals surface area contributed by atoms with Gasteiger partial charge in [0.15, 0.2) is 0 Å². The van der Waals surface area contributed by atoms with Crippen LogP contribution in [0.1, 0.15) is 19.3 Å². The highest BCUT2D eigenvalue weighted by Gasteiger charge is 2.33. The van der Waals surface area contributed by atoms with Gasteiger partial charge >= 0.3 is 0 Å². The molecule has 88 valence electrons. The topological polar surface area (TPSA) is 18.5 Å². The molecule has 1 heterocycles. The first-order valence-corrected chi connectivity index (χ1v) is 6.35. The van der Waals surface area contributed by atoms with Crippen molar-refractivity contribution >= 4 is 0 Å². The van der Waals surface area contributed by atoms with Gasteiger partial charge in [0.25, 0.3) is 0 Å². The summed E-state index contributed by atoms with van der Waals surface area (Å²) in [5.74, 6) is 0.910. The Morgan fingerprint density at radius 3 is 2.73 bits per heavy atom. The zero-order valence-electron chi connectivity index (χ0n) is 10.2. The fourth-order valence-corrected chi connectivity index (χ4v) is 2.41. The van der Waals surface area contributed by atoms with Gasteiger partial charge in [-0.05, 0) is 52.4 Å². The molecule has 1 saturated heterocycles. The molecule has 1 aliphatic carbocycles. The molecule has 0 aromatic carbocycles. The Morgan fingerprint density at radius 1 is 1.27 bits per heavy atom. The maximum atomic E-state index is 3.57. The quantitative estimate of drug-likeness (QED) is 0.650. The Hall–Kier alpha value is -0.120. The first-order chi connectivity index (χ1) is 7.25. The van der Waals surface area contributed by atoms with Gasteiger partial charge in [-0.1, -0.05) is 0 Å². The van der Waals surface area contributed by atoms with Gasteiger partial charge in [0.2, 0.25) is 0 Å². The molecule has 2 fully saturated rings. The lowest BCUT2D eigenvalue weighted by Gasteiger charge is -2.16. The second kappa shape index (κ2) is 5.28. The van der Waals surface area contributed by atoms with Crippen molar-refractivity contribution in [2.24, 2.45) is 5.92 Å². The smallest absolute Gasteiger partial charge is 0.0101 e. The minimum absolute atomic E-state index is 0.910. The third-order valence-electron chi connectivity index (χ3n) is 3.55. The molecule has 1 atom stereocenters. The molecule has 0 spiro atoms. The molecule has 1 saturated carbocycles. The monoisotopic (exact) mass is 211 g/mol. The summed E-state index contributed by atoms with van der Waals surface area (Å²) >= 11 is 0. The van der Waals surface area contributed by atoms with Crippen molar-refractivity contribution in [2.45, 2.75) is 25.3 Å². The van der Waals surface area contributed by atoms with Crippen LogP contribution in [-0.4, -0.2) is 62.7 Å². The fraction of sp³-hybridized carbons (Fsp3) is 1.00. The van der Waals surface area contributed by atoms with Crippen LogP contribution in [0.3, 0.4) is 0 Å². The third-order valence-corrected chi connectivity index (χ3v) is 3.55. The lowest BCUT2D eigenvalue weighted by Crippen LogP contribution is -2.31. The van der Waals surface area contributed by atoms with Gasteiger partial charge in [-0.2, -0.15) is 0 Å². The van der Waals surface area contributed by atoms with Gasteiger partial charge in [-0.3, -0.25) is 0 Å². The van der Waals surface area contributed by atoms with Gasteiger partial charge in [0.1, 0.15) is 0 Å². The predicted molar refractivity (Wildman–Crippen MR) is 64.1 cm³/mol. The Kier molecular flexibility index (Phi) is 4.00. The maximum absolute atomic E-state index is 3.57. The first kappa shape index (κ1) is 11.4. The van der Waals surface area contributed by atoms with Crippen LogP contribution in [0, 0.1) is 5.92 Å². The molecule has 2 rings (SSSR count). The third kappa shape index (κ3) is 3.74. The summed E-state index contributed by atoms with van der Waals surface area (Å²) in [5, 5.41) is 3.57. The molecular weight excluding hydrogens is 186 g/mol. The van der Waals surface area contributed by atoms with E-state index in [1.165, 1.54) is 38.9 Å². The van der Waals surface area contributed by atoms with Gasteiger partial charge in [-0.25, -0.2) is 0 Å². The van der Waals surface area contributed by atoms with E-state index in [4.69, 9.17) is 0 Å². The van der Waals surface area contributed by atoms with Gasteiger partial charge in [-0.15, -0.1) is 0 Å². The van der Waals surface area contributed by atoms with Crippen molar-refractivity contribution in [1.29, 1.82) is 0 Å². The molecule has 0 aromatic heterocycles. The average molecular weight is 211 g/mol. The summed E-state index contributed by atoms with van der Waals surface area (Å²) < 4.78 is 0. The zero-order chi connectivity index (χ0) is 10.7. The van der Waals surface area contributed by atoms with E-state index in [9.17, 15) is 0 Å². The van der Waals surface area contributed by atoms with Gasteiger partial charge in [0, 0.05) is 25.7 Å². The molecule has 0 radical (unpaired) electrons. The molecule has 0 amide bonds. The number of nitrogens with zero attached hydrogens (tertiary/aromatic N) is 2. The average Bonchev–Trinajstić information content (AvgIpc) is 2.94. The molecule has 0 aromatic rings. The standard InChI is InChI=1S/C12H25N3/c1-14(2)8-6-13-9-11-5-7-15(10-11)12-3-4-12/h11-13H,3-10H2,1-2H3. The second-order valence-corrected chi connectivity index (χ2v) is 5.39. The van der Waals surface area contributed by atoms with Gasteiger partial charge in [0.05, 0.1) is 0 Å². The Labute approximate surface area is 93.8 Å². The van der Waals surface area contributed by atoms with Crippen LogP contribution in [0.15, 0.2) is 0 Å². The summed E-state index contributed by atoms with van der Waals surface area (Å²) in [6.07, 6.45) is 4.33. The number of hydrogen-bond acceptors (Lipinski definition) is 3. The molecule has 1 unspecified atom stereocenters. The van der Waals surface area contributed by atoms with Crippen LogP contribution < -0.4 is 5.32 Å². The van der Waals surface area contributed by atoms with Crippen LogP contribution >= 0.6 is 0 Å². The number of nitrogens with one attached hydrogen (secondary N) is 1. The van der Waals surface area contributed by atoms with Crippen molar-refractivity contribution in [3.8, 4) is 0 Å². The Balaban J connectivity index is 1.52. The molecular formula is C12H25N3. The number of likely N-dealkylation sites (N-methyl/N-ethyl adjacent to an activating group) is 1. The number of rotatable bonds is 6. The normalized spacial score (nSPS) is 27.8. The van der Waals surface area contributed by atoms with E-state index < -0.39 is 0 Å². The molecule has 2 aliphatic rings. The summed E-state index contributed by atoms with van der Waals surface area (Å²) in [6.45, 7) is 6.20. The summed E-state index contributed by atoms with van der Waals surface area (Å²) in [7, 11) is 4.26. The Morgan fingerprint density at radius 2 is 2.07 bits per heavy atom. The van der Waals surface area contributed by atoms with E-state index in [0.29, 0.717) is 0 Å². The summed E-state index contributed by atoms with van der Waals surface area (Å²) in [4.78, 5) is 4.93. The van der Waals surface area contributed by atoms with Gasteiger partial charge < -0.3 is 15.1 Å². The van der Waals surface area contributed by atoms with E-state index >= 15 is 0 Å². The van der Waals surface area contributed by atoms with Crippen LogP contribution in [0.4, 0.5) is 0 Å². The van der Waals surface area contributed by atoms with Crippen molar-refractivity contribution in [2.75, 3.05) is 46.8 Å². The minimum Gasteiger partial charge on any atom is -0.315 e. The van der Waals surface area contributed by atoms with Crippen molar-refractivity contribution in [3.05, 3.63) is 0 Å². The number of hydrogen-bond donors (Lipinski definition) is 1. The summed E-state index contributed by atoms with van der Waals surface area (Å²) in [5.41, 5.74) is 0. The zero-order valence-corrected chi connectivity index (χ0v) is 10.2. The van der Waals surface area contributed by atoms with Crippen LogP contribution in [0.5, 0.6) is 0 Å². The van der Waals surface area contributed by atoms with Crippen LogP contribution in [0.2, 0.25) is 0 Å². The molecule has 1 aliphatic heterocycles. The highest BCUT2D eigenvalue weighted by atomic mass is 15.2. The van der Waals surface area contributed by atoms with E-state index in [1.54, 1.807) is 0 Å². The van der Waals surface area contributed by atoms with E-state index in [-0.39, 0.29) is 0 Å².